The number of rotatable bonds is 5. The summed E-state index contributed by atoms with van der Waals surface area (Å²) in [5.41, 5.74) is 2.32. The minimum atomic E-state index is -0.219. The Balaban J connectivity index is 1.14. The predicted molar refractivity (Wildman–Crippen MR) is 124 cm³/mol. The largest absolute Gasteiger partial charge is 0.353 e. The lowest BCUT2D eigenvalue weighted by Crippen LogP contribution is -2.61. The average Bonchev–Trinajstić information content (AvgIpc) is 3.46. The van der Waals surface area contributed by atoms with E-state index in [4.69, 9.17) is 4.74 Å². The van der Waals surface area contributed by atoms with Gasteiger partial charge in [0.2, 0.25) is 0 Å². The summed E-state index contributed by atoms with van der Waals surface area (Å²) in [5, 5.41) is 6.32. The van der Waals surface area contributed by atoms with Crippen molar-refractivity contribution in [3.05, 3.63) is 48.5 Å². The normalized spacial score (nSPS) is 24.7. The highest BCUT2D eigenvalue weighted by Gasteiger charge is 2.41. The number of hydrogen-bond donors (Lipinski definition) is 2. The van der Waals surface area contributed by atoms with Crippen LogP contribution < -0.4 is 10.6 Å². The summed E-state index contributed by atoms with van der Waals surface area (Å²) >= 11 is 0. The molecule has 1 spiro atoms. The summed E-state index contributed by atoms with van der Waals surface area (Å²) in [6.07, 6.45) is 7.90. The molecule has 0 bridgehead atoms. The molecule has 9 nitrogen and oxygen atoms in total. The third-order valence-corrected chi connectivity index (χ3v) is 7.22. The highest BCUT2D eigenvalue weighted by molar-refractivity contribution is 6.06. The number of aromatic nitrogens is 4. The fraction of sp³-hybridized carbons (Fsp3) is 0.500. The average molecular weight is 448 g/mol. The van der Waals surface area contributed by atoms with E-state index in [1.165, 1.54) is 25.7 Å². The summed E-state index contributed by atoms with van der Waals surface area (Å²) < 4.78 is 8.42. The lowest BCUT2D eigenvalue weighted by atomic mass is 9.75. The van der Waals surface area contributed by atoms with Gasteiger partial charge in [0.15, 0.2) is 17.0 Å². The number of likely N-dealkylation sites (tertiary alicyclic amines) is 1. The molecule has 3 aliphatic rings. The number of imidazole rings is 1. The zero-order valence-electron chi connectivity index (χ0n) is 18.6. The number of ether oxygens (including phenoxy) is 1. The van der Waals surface area contributed by atoms with Crippen LogP contribution in [0.1, 0.15) is 42.3 Å². The molecule has 1 amide bonds. The van der Waals surface area contributed by atoms with Gasteiger partial charge in [-0.25, -0.2) is 15.0 Å². The Hall–Kier alpha value is -2.88. The van der Waals surface area contributed by atoms with Crippen LogP contribution in [0.5, 0.6) is 0 Å². The van der Waals surface area contributed by atoms with Gasteiger partial charge >= 0.3 is 0 Å². The number of hydrogen-bond acceptors (Lipinski definition) is 7. The van der Waals surface area contributed by atoms with Crippen molar-refractivity contribution in [2.45, 2.75) is 38.0 Å². The summed E-state index contributed by atoms with van der Waals surface area (Å²) in [6.45, 7) is 5.63. The molecule has 3 aliphatic heterocycles. The molecule has 0 saturated carbocycles. The van der Waals surface area contributed by atoms with Gasteiger partial charge < -0.3 is 20.3 Å². The van der Waals surface area contributed by atoms with E-state index in [0.29, 0.717) is 28.0 Å². The van der Waals surface area contributed by atoms with Gasteiger partial charge in [-0.15, -0.1) is 0 Å². The van der Waals surface area contributed by atoms with Gasteiger partial charge in [-0.3, -0.25) is 9.36 Å². The Morgan fingerprint density at radius 1 is 1.18 bits per heavy atom. The smallest absolute Gasteiger partial charge is 0.256 e. The van der Waals surface area contributed by atoms with Crippen LogP contribution in [0.2, 0.25) is 0 Å². The Morgan fingerprint density at radius 2 is 2.06 bits per heavy atom. The third kappa shape index (κ3) is 4.01. The number of carbonyl (C=O) groups is 1. The maximum absolute atomic E-state index is 12.6. The summed E-state index contributed by atoms with van der Waals surface area (Å²) in [5.74, 6) is 0.193. The molecule has 6 rings (SSSR count). The molecule has 3 fully saturated rings. The Morgan fingerprint density at radius 3 is 2.88 bits per heavy atom. The highest BCUT2D eigenvalue weighted by atomic mass is 16.5. The quantitative estimate of drug-likeness (QED) is 0.620. The fourth-order valence-corrected chi connectivity index (χ4v) is 5.47. The first-order valence-corrected chi connectivity index (χ1v) is 11.8. The van der Waals surface area contributed by atoms with Crippen molar-refractivity contribution in [1.82, 2.24) is 29.7 Å². The van der Waals surface area contributed by atoms with E-state index in [1.807, 2.05) is 22.8 Å². The van der Waals surface area contributed by atoms with Gasteiger partial charge in [-0.2, -0.15) is 0 Å². The van der Waals surface area contributed by atoms with Gasteiger partial charge in [0.05, 0.1) is 12.4 Å². The number of fused-ring (bicyclic) bond motifs is 1. The van der Waals surface area contributed by atoms with Gasteiger partial charge in [0, 0.05) is 37.2 Å². The Labute approximate surface area is 192 Å². The first kappa shape index (κ1) is 20.7. The van der Waals surface area contributed by atoms with Crippen LogP contribution in [0, 0.1) is 5.41 Å². The zero-order chi connectivity index (χ0) is 22.3. The van der Waals surface area contributed by atoms with Gasteiger partial charge in [-0.05, 0) is 44.4 Å². The van der Waals surface area contributed by atoms with Crippen LogP contribution >= 0.6 is 0 Å². The van der Waals surface area contributed by atoms with Crippen LogP contribution in [0.3, 0.4) is 0 Å². The second-order valence-electron chi connectivity index (χ2n) is 9.60. The van der Waals surface area contributed by atoms with Crippen LogP contribution in [0.4, 0.5) is 5.82 Å². The van der Waals surface area contributed by atoms with Gasteiger partial charge in [0.1, 0.15) is 12.6 Å². The number of amides is 1. The van der Waals surface area contributed by atoms with Crippen molar-refractivity contribution >= 4 is 22.9 Å². The molecule has 33 heavy (non-hydrogen) atoms. The highest BCUT2D eigenvalue weighted by Crippen LogP contribution is 2.36. The predicted octanol–water partition coefficient (Wildman–Crippen LogP) is 2.44. The van der Waals surface area contributed by atoms with Crippen LogP contribution in [-0.2, 0) is 4.74 Å². The molecule has 3 aromatic rings. The van der Waals surface area contributed by atoms with Crippen LogP contribution in [-0.4, -0.2) is 69.2 Å². The van der Waals surface area contributed by atoms with E-state index < -0.39 is 0 Å². The molecular weight excluding hydrogens is 418 g/mol. The van der Waals surface area contributed by atoms with Crippen LogP contribution in [0.25, 0.3) is 11.2 Å². The topological polar surface area (TPSA) is 97.2 Å². The van der Waals surface area contributed by atoms with Crippen molar-refractivity contribution in [1.29, 1.82) is 0 Å². The lowest BCUT2D eigenvalue weighted by Gasteiger charge is -2.49. The number of nitrogens with one attached hydrogen (secondary N) is 2. The third-order valence-electron chi connectivity index (χ3n) is 7.22. The lowest BCUT2D eigenvalue weighted by molar-refractivity contribution is -0.0320. The number of nitrogens with zero attached hydrogens (tertiary/aromatic N) is 5. The summed E-state index contributed by atoms with van der Waals surface area (Å²) in [7, 11) is 0. The minimum Gasteiger partial charge on any atom is -0.353 e. The van der Waals surface area contributed by atoms with E-state index in [2.05, 4.69) is 30.5 Å². The van der Waals surface area contributed by atoms with Crippen LogP contribution in [0.15, 0.2) is 43.0 Å². The molecule has 0 aliphatic carbocycles. The first-order valence-electron chi connectivity index (χ1n) is 11.8. The molecule has 0 radical (unpaired) electrons. The number of carbonyl (C=O) groups excluding carboxylic acids is 1. The number of benzene rings is 1. The molecular formula is C24H29N7O2. The molecule has 1 aromatic carbocycles. The van der Waals surface area contributed by atoms with Crippen molar-refractivity contribution in [2.24, 2.45) is 5.41 Å². The Bertz CT molecular complexity index is 1140. The van der Waals surface area contributed by atoms with Crippen molar-refractivity contribution < 1.29 is 9.53 Å². The second kappa shape index (κ2) is 8.48. The number of piperidine rings is 1. The fourth-order valence-electron chi connectivity index (χ4n) is 5.47. The Kier molecular flexibility index (Phi) is 5.32. The molecule has 9 heteroatoms. The van der Waals surface area contributed by atoms with Gasteiger partial charge in [-0.1, -0.05) is 18.2 Å². The molecule has 2 aromatic heterocycles. The molecule has 2 unspecified atom stereocenters. The maximum atomic E-state index is 12.6. The molecule has 2 atom stereocenters. The minimum absolute atomic E-state index is 0.100. The monoisotopic (exact) mass is 447 g/mol. The summed E-state index contributed by atoms with van der Waals surface area (Å²) in [6, 6.07) is 9.08. The summed E-state index contributed by atoms with van der Waals surface area (Å²) in [4.78, 5) is 28.4. The van der Waals surface area contributed by atoms with E-state index in [0.717, 1.165) is 39.0 Å². The van der Waals surface area contributed by atoms with Crippen molar-refractivity contribution in [3.8, 4) is 0 Å². The van der Waals surface area contributed by atoms with E-state index in [1.54, 1.807) is 18.5 Å². The van der Waals surface area contributed by atoms with Crippen molar-refractivity contribution in [2.75, 3.05) is 38.0 Å². The SMILES string of the molecule is O=C(Nc1ncnc2c1ncn2C1CCC(CN2CCCC3(CNC3)C2)O1)c1ccccc1. The molecule has 172 valence electrons. The second-order valence-corrected chi connectivity index (χ2v) is 9.60. The van der Waals surface area contributed by atoms with E-state index in [-0.39, 0.29) is 18.2 Å². The standard InChI is InChI=1S/C24H29N7O2/c32-23(17-5-2-1-3-6-17)29-21-20-22(27-15-26-21)31(16-28-20)19-8-7-18(33-19)11-30-10-4-9-24(14-30)12-25-13-24/h1-3,5-6,15-16,18-19,25H,4,7-14H2,(H,26,27,29,32). The molecule has 3 saturated heterocycles. The zero-order valence-corrected chi connectivity index (χ0v) is 18.6. The molecule has 2 N–H and O–H groups in total. The van der Waals surface area contributed by atoms with Crippen molar-refractivity contribution in [3.63, 3.8) is 0 Å². The maximum Gasteiger partial charge on any atom is 0.256 e. The van der Waals surface area contributed by atoms with Gasteiger partial charge in [0.25, 0.3) is 5.91 Å². The first-order chi connectivity index (χ1) is 16.2. The molecule has 5 heterocycles. The van der Waals surface area contributed by atoms with E-state index >= 15 is 0 Å². The van der Waals surface area contributed by atoms with E-state index in [9.17, 15) is 4.79 Å². The number of anilines is 1.